The molecule has 0 spiro atoms. The van der Waals surface area contributed by atoms with Gasteiger partial charge in [0.25, 0.3) is 0 Å². The molecule has 2 rings (SSSR count). The van der Waals surface area contributed by atoms with Gasteiger partial charge in [-0.25, -0.2) is 4.79 Å². The van der Waals surface area contributed by atoms with E-state index >= 15 is 0 Å². The molecule has 1 aliphatic rings. The number of hydrogen-bond acceptors (Lipinski definition) is 3. The highest BCUT2D eigenvalue weighted by atomic mass is 16.2. The highest BCUT2D eigenvalue weighted by molar-refractivity contribution is 5.73. The minimum absolute atomic E-state index is 0.00592. The third-order valence-electron chi connectivity index (χ3n) is 4.57. The summed E-state index contributed by atoms with van der Waals surface area (Å²) in [5, 5.41) is 3.00. The van der Waals surface area contributed by atoms with Crippen LogP contribution in [0.2, 0.25) is 0 Å². The van der Waals surface area contributed by atoms with E-state index in [9.17, 15) is 4.79 Å². The Labute approximate surface area is 140 Å². The molecule has 0 radical (unpaired) electrons. The molecule has 0 atom stereocenters. The number of unbranched alkanes of at least 4 members (excludes halogenated alkanes) is 1. The highest BCUT2D eigenvalue weighted by Crippen LogP contribution is 2.16. The van der Waals surface area contributed by atoms with Crippen LogP contribution in [0, 0.1) is 5.92 Å². The maximum Gasteiger partial charge on any atom is 0.317 e. The fourth-order valence-electron chi connectivity index (χ4n) is 2.91. The number of carbonyl (C=O) groups is 1. The monoisotopic (exact) mass is 318 g/mol. The number of nitrogens with one attached hydrogen (secondary N) is 1. The van der Waals surface area contributed by atoms with Crippen molar-refractivity contribution in [2.45, 2.75) is 39.2 Å². The molecule has 1 fully saturated rings. The molecule has 0 aromatic carbocycles. The number of piperidine rings is 1. The van der Waals surface area contributed by atoms with Gasteiger partial charge in [-0.1, -0.05) is 6.92 Å². The molecule has 2 amide bonds. The predicted octanol–water partition coefficient (Wildman–Crippen LogP) is 2.74. The number of aromatic nitrogens is 1. The summed E-state index contributed by atoms with van der Waals surface area (Å²) in [6.07, 6.45) is 8.36. The van der Waals surface area contributed by atoms with Gasteiger partial charge >= 0.3 is 6.03 Å². The number of carbonyl (C=O) groups excluding carboxylic acids is 1. The van der Waals surface area contributed by atoms with Crippen molar-refractivity contribution in [3.05, 3.63) is 30.1 Å². The maximum atomic E-state index is 12.0. The van der Waals surface area contributed by atoms with E-state index in [1.54, 1.807) is 17.3 Å². The summed E-state index contributed by atoms with van der Waals surface area (Å²) >= 11 is 0. The summed E-state index contributed by atoms with van der Waals surface area (Å²) in [5.74, 6) is 0.890. The lowest BCUT2D eigenvalue weighted by Crippen LogP contribution is -2.37. The molecule has 1 saturated heterocycles. The second-order valence-electron chi connectivity index (χ2n) is 6.67. The number of nitrogens with zero attached hydrogens (tertiary/aromatic N) is 3. The molecule has 0 unspecified atom stereocenters. The van der Waals surface area contributed by atoms with E-state index in [0.717, 1.165) is 37.4 Å². The molecule has 5 nitrogen and oxygen atoms in total. The minimum atomic E-state index is -0.00592. The van der Waals surface area contributed by atoms with Gasteiger partial charge in [0.15, 0.2) is 0 Å². The summed E-state index contributed by atoms with van der Waals surface area (Å²) in [5.41, 5.74) is 1.09. The van der Waals surface area contributed by atoms with Crippen LogP contribution < -0.4 is 5.32 Å². The van der Waals surface area contributed by atoms with E-state index in [2.05, 4.69) is 22.1 Å². The molecule has 1 N–H and O–H groups in total. The maximum absolute atomic E-state index is 12.0. The number of urea groups is 1. The van der Waals surface area contributed by atoms with E-state index < -0.39 is 0 Å². The average molecular weight is 318 g/mol. The van der Waals surface area contributed by atoms with Crippen molar-refractivity contribution < 1.29 is 4.79 Å². The molecule has 2 heterocycles. The Morgan fingerprint density at radius 1 is 1.30 bits per heavy atom. The first-order valence-electron chi connectivity index (χ1n) is 8.75. The molecular formula is C18H30N4O. The number of hydrogen-bond donors (Lipinski definition) is 1. The van der Waals surface area contributed by atoms with Gasteiger partial charge in [0.05, 0.1) is 0 Å². The van der Waals surface area contributed by atoms with E-state index in [4.69, 9.17) is 0 Å². The summed E-state index contributed by atoms with van der Waals surface area (Å²) < 4.78 is 0. The van der Waals surface area contributed by atoms with Crippen molar-refractivity contribution in [1.29, 1.82) is 0 Å². The van der Waals surface area contributed by atoms with Crippen molar-refractivity contribution in [2.75, 3.05) is 33.2 Å². The van der Waals surface area contributed by atoms with Crippen LogP contribution in [0.5, 0.6) is 0 Å². The Kier molecular flexibility index (Phi) is 7.33. The Hall–Kier alpha value is -1.62. The number of rotatable bonds is 7. The molecule has 0 bridgehead atoms. The number of amides is 2. The van der Waals surface area contributed by atoms with Crippen LogP contribution in [-0.2, 0) is 6.54 Å². The van der Waals surface area contributed by atoms with Gasteiger partial charge in [-0.05, 0) is 68.9 Å². The first-order chi connectivity index (χ1) is 11.1. The normalized spacial score (nSPS) is 16.3. The molecule has 128 valence electrons. The summed E-state index contributed by atoms with van der Waals surface area (Å²) in [6.45, 7) is 7.35. The van der Waals surface area contributed by atoms with Gasteiger partial charge in [-0.2, -0.15) is 0 Å². The predicted molar refractivity (Wildman–Crippen MR) is 93.2 cm³/mol. The Morgan fingerprint density at radius 3 is 2.70 bits per heavy atom. The lowest BCUT2D eigenvalue weighted by atomic mass is 9.99. The Balaban J connectivity index is 1.54. The zero-order valence-electron chi connectivity index (χ0n) is 14.5. The van der Waals surface area contributed by atoms with Crippen LogP contribution in [0.25, 0.3) is 0 Å². The average Bonchev–Trinajstić information content (AvgIpc) is 2.57. The zero-order valence-corrected chi connectivity index (χ0v) is 14.5. The smallest absolute Gasteiger partial charge is 0.317 e. The van der Waals surface area contributed by atoms with Crippen LogP contribution in [0.4, 0.5) is 4.79 Å². The zero-order chi connectivity index (χ0) is 16.5. The second kappa shape index (κ2) is 9.50. The Bertz CT molecular complexity index is 457. The molecule has 1 aromatic heterocycles. The fraction of sp³-hybridized carbons (Fsp3) is 0.667. The quantitative estimate of drug-likeness (QED) is 0.787. The number of likely N-dealkylation sites (tertiary alicyclic amines) is 1. The third-order valence-corrected chi connectivity index (χ3v) is 4.57. The van der Waals surface area contributed by atoms with Gasteiger partial charge in [-0.15, -0.1) is 0 Å². The molecule has 0 saturated carbocycles. The van der Waals surface area contributed by atoms with Gasteiger partial charge in [-0.3, -0.25) is 4.98 Å². The van der Waals surface area contributed by atoms with Crippen molar-refractivity contribution >= 4 is 6.03 Å². The first-order valence-corrected chi connectivity index (χ1v) is 8.75. The topological polar surface area (TPSA) is 48.5 Å². The van der Waals surface area contributed by atoms with Crippen LogP contribution in [0.15, 0.2) is 24.5 Å². The van der Waals surface area contributed by atoms with Gasteiger partial charge in [0, 0.05) is 32.5 Å². The lowest BCUT2D eigenvalue weighted by Gasteiger charge is -2.30. The van der Waals surface area contributed by atoms with Gasteiger partial charge in [0.1, 0.15) is 0 Å². The van der Waals surface area contributed by atoms with Crippen molar-refractivity contribution in [2.24, 2.45) is 5.92 Å². The van der Waals surface area contributed by atoms with E-state index in [-0.39, 0.29) is 6.03 Å². The molecular weight excluding hydrogens is 288 g/mol. The van der Waals surface area contributed by atoms with Crippen molar-refractivity contribution in [3.63, 3.8) is 0 Å². The van der Waals surface area contributed by atoms with Crippen LogP contribution in [0.3, 0.4) is 0 Å². The van der Waals surface area contributed by atoms with E-state index in [1.165, 1.54) is 25.9 Å². The van der Waals surface area contributed by atoms with E-state index in [0.29, 0.717) is 6.54 Å². The molecule has 1 aromatic rings. The minimum Gasteiger partial charge on any atom is -0.338 e. The standard InChI is InChI=1S/C18H30N4O/c1-16-7-13-22(14-8-16)12-4-3-9-20-18(23)21(2)15-17-5-10-19-11-6-17/h5-6,10-11,16H,3-4,7-9,12-15H2,1-2H3,(H,20,23). The van der Waals surface area contributed by atoms with Gasteiger partial charge < -0.3 is 15.1 Å². The van der Waals surface area contributed by atoms with Gasteiger partial charge in [0.2, 0.25) is 0 Å². The lowest BCUT2D eigenvalue weighted by molar-refractivity contribution is 0.188. The van der Waals surface area contributed by atoms with Crippen LogP contribution in [-0.4, -0.2) is 54.0 Å². The van der Waals surface area contributed by atoms with E-state index in [1.807, 2.05) is 19.2 Å². The molecule has 23 heavy (non-hydrogen) atoms. The fourth-order valence-corrected chi connectivity index (χ4v) is 2.91. The first kappa shape index (κ1) is 17.7. The van der Waals surface area contributed by atoms with Crippen LogP contribution >= 0.6 is 0 Å². The highest BCUT2D eigenvalue weighted by Gasteiger charge is 2.14. The largest absolute Gasteiger partial charge is 0.338 e. The second-order valence-corrected chi connectivity index (χ2v) is 6.67. The summed E-state index contributed by atoms with van der Waals surface area (Å²) in [4.78, 5) is 20.3. The molecule has 0 aliphatic carbocycles. The van der Waals surface area contributed by atoms with Crippen LogP contribution in [0.1, 0.15) is 38.2 Å². The Morgan fingerprint density at radius 2 is 2.00 bits per heavy atom. The SMILES string of the molecule is CC1CCN(CCCCNC(=O)N(C)Cc2ccncc2)CC1. The molecule has 5 heteroatoms. The number of pyridine rings is 1. The third kappa shape index (κ3) is 6.57. The van der Waals surface area contributed by atoms with Crippen molar-refractivity contribution in [3.8, 4) is 0 Å². The summed E-state index contributed by atoms with van der Waals surface area (Å²) in [7, 11) is 1.82. The molecule has 1 aliphatic heterocycles. The van der Waals surface area contributed by atoms with Crippen molar-refractivity contribution in [1.82, 2.24) is 20.1 Å². The summed E-state index contributed by atoms with van der Waals surface area (Å²) in [6, 6.07) is 3.86.